The number of hydrogen-bond donors (Lipinski definition) is 2. The number of methoxy groups -OCH3 is 2. The van der Waals surface area contributed by atoms with Gasteiger partial charge in [-0.3, -0.25) is 4.90 Å². The molecule has 5 nitrogen and oxygen atoms in total. The number of aliphatic hydroxyl groups is 1. The van der Waals surface area contributed by atoms with Crippen molar-refractivity contribution >= 4 is 0 Å². The third-order valence-corrected chi connectivity index (χ3v) is 3.28. The highest BCUT2D eigenvalue weighted by Crippen LogP contribution is 2.15. The highest BCUT2D eigenvalue weighted by Gasteiger charge is 2.33. The summed E-state index contributed by atoms with van der Waals surface area (Å²) < 4.78 is 10.8. The molecule has 0 spiro atoms. The SMILES string of the molecule is CCCNC(CO)CN1CC(OC)C(OC)C1. The van der Waals surface area contributed by atoms with E-state index in [-0.39, 0.29) is 24.9 Å². The van der Waals surface area contributed by atoms with Gasteiger partial charge in [-0.15, -0.1) is 0 Å². The third-order valence-electron chi connectivity index (χ3n) is 3.28. The first-order chi connectivity index (χ1) is 8.24. The molecule has 1 aliphatic heterocycles. The molecule has 1 heterocycles. The molecule has 1 saturated heterocycles. The van der Waals surface area contributed by atoms with Gasteiger partial charge >= 0.3 is 0 Å². The highest BCUT2D eigenvalue weighted by molar-refractivity contribution is 4.87. The van der Waals surface area contributed by atoms with Gasteiger partial charge in [-0.05, 0) is 13.0 Å². The van der Waals surface area contributed by atoms with E-state index in [1.54, 1.807) is 14.2 Å². The molecule has 0 aromatic rings. The summed E-state index contributed by atoms with van der Waals surface area (Å²) in [6, 6.07) is 0.142. The molecule has 0 amide bonds. The fourth-order valence-electron chi connectivity index (χ4n) is 2.27. The molecule has 3 atom stereocenters. The zero-order chi connectivity index (χ0) is 12.7. The minimum Gasteiger partial charge on any atom is -0.395 e. The average molecular weight is 246 g/mol. The molecule has 0 radical (unpaired) electrons. The molecule has 3 unspecified atom stereocenters. The predicted octanol–water partition coefficient (Wildman–Crippen LogP) is -0.307. The second kappa shape index (κ2) is 8.00. The highest BCUT2D eigenvalue weighted by atomic mass is 16.5. The van der Waals surface area contributed by atoms with Crippen LogP contribution in [0.1, 0.15) is 13.3 Å². The summed E-state index contributed by atoms with van der Waals surface area (Å²) in [4.78, 5) is 2.28. The zero-order valence-corrected chi connectivity index (χ0v) is 11.2. The molecule has 0 aromatic carbocycles. The lowest BCUT2D eigenvalue weighted by molar-refractivity contribution is -0.00461. The fraction of sp³-hybridized carbons (Fsp3) is 1.00. The van der Waals surface area contributed by atoms with E-state index in [2.05, 4.69) is 17.1 Å². The van der Waals surface area contributed by atoms with Crippen molar-refractivity contribution in [3.05, 3.63) is 0 Å². The summed E-state index contributed by atoms with van der Waals surface area (Å²) in [5.41, 5.74) is 0. The fourth-order valence-corrected chi connectivity index (χ4v) is 2.27. The lowest BCUT2D eigenvalue weighted by Gasteiger charge is -2.22. The van der Waals surface area contributed by atoms with Crippen molar-refractivity contribution in [3.8, 4) is 0 Å². The van der Waals surface area contributed by atoms with E-state index in [0.29, 0.717) is 0 Å². The van der Waals surface area contributed by atoms with Gasteiger partial charge in [-0.2, -0.15) is 0 Å². The summed E-state index contributed by atoms with van der Waals surface area (Å²) in [6.07, 6.45) is 1.37. The largest absolute Gasteiger partial charge is 0.395 e. The van der Waals surface area contributed by atoms with Gasteiger partial charge < -0.3 is 19.9 Å². The van der Waals surface area contributed by atoms with E-state index in [9.17, 15) is 5.11 Å². The van der Waals surface area contributed by atoms with Crippen LogP contribution in [-0.2, 0) is 9.47 Å². The van der Waals surface area contributed by atoms with Crippen molar-refractivity contribution in [1.82, 2.24) is 10.2 Å². The summed E-state index contributed by atoms with van der Waals surface area (Å²) in [5, 5.41) is 12.6. The summed E-state index contributed by atoms with van der Waals surface area (Å²) in [7, 11) is 3.44. The second-order valence-corrected chi connectivity index (χ2v) is 4.60. The number of nitrogens with zero attached hydrogens (tertiary/aromatic N) is 1. The van der Waals surface area contributed by atoms with Crippen LogP contribution in [0.5, 0.6) is 0 Å². The van der Waals surface area contributed by atoms with Crippen LogP contribution >= 0.6 is 0 Å². The van der Waals surface area contributed by atoms with Gasteiger partial charge in [0, 0.05) is 39.9 Å². The van der Waals surface area contributed by atoms with Gasteiger partial charge in [-0.1, -0.05) is 6.92 Å². The number of ether oxygens (including phenoxy) is 2. The number of likely N-dealkylation sites (tertiary alicyclic amines) is 1. The van der Waals surface area contributed by atoms with Crippen molar-refractivity contribution in [1.29, 1.82) is 0 Å². The van der Waals surface area contributed by atoms with Crippen molar-refractivity contribution in [2.24, 2.45) is 0 Å². The number of rotatable bonds is 8. The van der Waals surface area contributed by atoms with Gasteiger partial charge in [0.2, 0.25) is 0 Å². The van der Waals surface area contributed by atoms with E-state index >= 15 is 0 Å². The molecule has 17 heavy (non-hydrogen) atoms. The van der Waals surface area contributed by atoms with Crippen LogP contribution in [-0.4, -0.2) is 75.3 Å². The Bertz CT molecular complexity index is 192. The maximum Gasteiger partial charge on any atom is 0.0971 e. The molecular weight excluding hydrogens is 220 g/mol. The molecular formula is C12H26N2O3. The molecule has 102 valence electrons. The van der Waals surface area contributed by atoms with Crippen molar-refractivity contribution in [3.63, 3.8) is 0 Å². The standard InChI is InChI=1S/C12H26N2O3/c1-4-5-13-10(9-15)6-14-7-11(16-2)12(8-14)17-3/h10-13,15H,4-9H2,1-3H3. The minimum atomic E-state index is 0.142. The molecule has 1 rings (SSSR count). The van der Waals surface area contributed by atoms with Crippen molar-refractivity contribution in [2.75, 3.05) is 47.0 Å². The van der Waals surface area contributed by atoms with Crippen molar-refractivity contribution < 1.29 is 14.6 Å². The van der Waals surface area contributed by atoms with E-state index in [0.717, 1.165) is 32.6 Å². The first-order valence-corrected chi connectivity index (χ1v) is 6.37. The molecule has 1 fully saturated rings. The number of aliphatic hydroxyl groups excluding tert-OH is 1. The van der Waals surface area contributed by atoms with Crippen LogP contribution in [0.25, 0.3) is 0 Å². The van der Waals surface area contributed by atoms with E-state index in [1.165, 1.54) is 0 Å². The minimum absolute atomic E-state index is 0.142. The summed E-state index contributed by atoms with van der Waals surface area (Å²) in [6.45, 7) is 5.83. The van der Waals surface area contributed by atoms with Crippen LogP contribution in [0, 0.1) is 0 Å². The predicted molar refractivity (Wildman–Crippen MR) is 67.2 cm³/mol. The summed E-state index contributed by atoms with van der Waals surface area (Å²) in [5.74, 6) is 0. The van der Waals surface area contributed by atoms with E-state index < -0.39 is 0 Å². The monoisotopic (exact) mass is 246 g/mol. The van der Waals surface area contributed by atoms with E-state index in [4.69, 9.17) is 9.47 Å². The van der Waals surface area contributed by atoms with Gasteiger partial charge in [0.05, 0.1) is 18.8 Å². The molecule has 0 aromatic heterocycles. The lowest BCUT2D eigenvalue weighted by atomic mass is 10.3. The maximum absolute atomic E-state index is 9.31. The van der Waals surface area contributed by atoms with Crippen LogP contribution in [0.3, 0.4) is 0 Å². The molecule has 1 aliphatic rings. The number of hydrogen-bond acceptors (Lipinski definition) is 5. The Morgan fingerprint density at radius 3 is 2.29 bits per heavy atom. The first-order valence-electron chi connectivity index (χ1n) is 6.37. The van der Waals surface area contributed by atoms with Gasteiger partial charge in [0.25, 0.3) is 0 Å². The van der Waals surface area contributed by atoms with Crippen LogP contribution in [0.15, 0.2) is 0 Å². The Hall–Kier alpha value is -0.200. The Labute approximate surface area is 104 Å². The Morgan fingerprint density at radius 1 is 1.29 bits per heavy atom. The van der Waals surface area contributed by atoms with Crippen LogP contribution in [0.2, 0.25) is 0 Å². The normalized spacial score (nSPS) is 27.5. The smallest absolute Gasteiger partial charge is 0.0971 e. The zero-order valence-electron chi connectivity index (χ0n) is 11.2. The Balaban J connectivity index is 2.35. The topological polar surface area (TPSA) is 54.0 Å². The quantitative estimate of drug-likeness (QED) is 0.615. The summed E-state index contributed by atoms with van der Waals surface area (Å²) >= 11 is 0. The Morgan fingerprint density at radius 2 is 1.88 bits per heavy atom. The van der Waals surface area contributed by atoms with Crippen LogP contribution in [0.4, 0.5) is 0 Å². The Kier molecular flexibility index (Phi) is 6.99. The van der Waals surface area contributed by atoms with Gasteiger partial charge in [0.15, 0.2) is 0 Å². The van der Waals surface area contributed by atoms with E-state index in [1.807, 2.05) is 0 Å². The maximum atomic E-state index is 9.31. The van der Waals surface area contributed by atoms with Crippen LogP contribution < -0.4 is 5.32 Å². The van der Waals surface area contributed by atoms with Crippen molar-refractivity contribution in [2.45, 2.75) is 31.6 Å². The lowest BCUT2D eigenvalue weighted by Crippen LogP contribution is -2.43. The molecule has 2 N–H and O–H groups in total. The molecule has 0 aliphatic carbocycles. The third kappa shape index (κ3) is 4.52. The molecule has 0 saturated carbocycles. The average Bonchev–Trinajstić information content (AvgIpc) is 2.76. The second-order valence-electron chi connectivity index (χ2n) is 4.60. The molecule has 5 heteroatoms. The number of nitrogens with one attached hydrogen (secondary N) is 1. The van der Waals surface area contributed by atoms with Gasteiger partial charge in [0.1, 0.15) is 0 Å². The van der Waals surface area contributed by atoms with Gasteiger partial charge in [-0.25, -0.2) is 0 Å². The first kappa shape index (κ1) is 14.9. The molecule has 0 bridgehead atoms.